The van der Waals surface area contributed by atoms with Crippen LogP contribution in [0, 0.1) is 0 Å². The first-order valence-electron chi connectivity index (χ1n) is 7.25. The normalized spacial score (nSPS) is 16.2. The van der Waals surface area contributed by atoms with Gasteiger partial charge in [-0.25, -0.2) is 19.6 Å². The Morgan fingerprint density at radius 2 is 1.58 bits per heavy atom. The highest BCUT2D eigenvalue weighted by atomic mass is 16.7. The molecule has 1 aromatic carbocycles. The largest absolute Gasteiger partial charge is 0.419 e. The van der Waals surface area contributed by atoms with Gasteiger partial charge in [-0.1, -0.05) is 0 Å². The Hall–Kier alpha value is -3.22. The summed E-state index contributed by atoms with van der Waals surface area (Å²) in [5, 5.41) is 2.88. The maximum absolute atomic E-state index is 11.8. The van der Waals surface area contributed by atoms with Gasteiger partial charge in [-0.3, -0.25) is 0 Å². The summed E-state index contributed by atoms with van der Waals surface area (Å²) >= 11 is 0. The molecule has 0 bridgehead atoms. The number of carbonyl (C=O) groups excluding carboxylic acids is 2. The molecule has 0 radical (unpaired) electrons. The van der Waals surface area contributed by atoms with Crippen molar-refractivity contribution in [2.75, 3.05) is 5.32 Å². The third-order valence-corrected chi connectivity index (χ3v) is 3.21. The van der Waals surface area contributed by atoms with E-state index < -0.39 is 17.7 Å². The molecule has 1 saturated heterocycles. The number of rotatable bonds is 3. The van der Waals surface area contributed by atoms with Gasteiger partial charge >= 0.3 is 11.9 Å². The molecular formula is C17H15N3O4. The lowest BCUT2D eigenvalue weighted by molar-refractivity contribution is -0.222. The van der Waals surface area contributed by atoms with E-state index in [1.807, 2.05) is 12.1 Å². The molecule has 24 heavy (non-hydrogen) atoms. The number of benzene rings is 1. The molecule has 7 nitrogen and oxygen atoms in total. The molecule has 0 unspecified atom stereocenters. The van der Waals surface area contributed by atoms with E-state index in [1.165, 1.54) is 20.0 Å². The summed E-state index contributed by atoms with van der Waals surface area (Å²) in [6.07, 6.45) is 4.61. The SMILES string of the molecule is CC1(C)OC(=O)C(=CNc2ccc(-c3ncccn3)cc2)C(=O)O1. The fourth-order valence-corrected chi connectivity index (χ4v) is 2.10. The fraction of sp³-hybridized carbons (Fsp3) is 0.176. The molecule has 0 spiro atoms. The van der Waals surface area contributed by atoms with E-state index >= 15 is 0 Å². The highest BCUT2D eigenvalue weighted by Gasteiger charge is 2.38. The van der Waals surface area contributed by atoms with Crippen molar-refractivity contribution in [2.24, 2.45) is 0 Å². The van der Waals surface area contributed by atoms with Gasteiger partial charge < -0.3 is 14.8 Å². The molecular weight excluding hydrogens is 310 g/mol. The van der Waals surface area contributed by atoms with Crippen molar-refractivity contribution in [1.29, 1.82) is 0 Å². The minimum absolute atomic E-state index is 0.190. The van der Waals surface area contributed by atoms with E-state index in [0.717, 1.165) is 5.56 Å². The predicted octanol–water partition coefficient (Wildman–Crippen LogP) is 2.28. The fourth-order valence-electron chi connectivity index (χ4n) is 2.10. The summed E-state index contributed by atoms with van der Waals surface area (Å²) in [7, 11) is 0. The van der Waals surface area contributed by atoms with Crippen LogP contribution in [0.25, 0.3) is 11.4 Å². The van der Waals surface area contributed by atoms with Crippen LogP contribution < -0.4 is 5.32 Å². The average Bonchev–Trinajstić information content (AvgIpc) is 2.54. The van der Waals surface area contributed by atoms with Gasteiger partial charge in [-0.05, 0) is 30.3 Å². The summed E-state index contributed by atoms with van der Waals surface area (Å²) < 4.78 is 10.0. The highest BCUT2D eigenvalue weighted by Crippen LogP contribution is 2.23. The number of esters is 2. The molecule has 1 aliphatic heterocycles. The summed E-state index contributed by atoms with van der Waals surface area (Å²) in [6.45, 7) is 2.99. The van der Waals surface area contributed by atoms with Crippen molar-refractivity contribution >= 4 is 17.6 Å². The predicted molar refractivity (Wildman–Crippen MR) is 85.4 cm³/mol. The number of aromatic nitrogens is 2. The van der Waals surface area contributed by atoms with E-state index in [4.69, 9.17) is 9.47 Å². The van der Waals surface area contributed by atoms with Gasteiger partial charge in [-0.15, -0.1) is 0 Å². The lowest BCUT2D eigenvalue weighted by Crippen LogP contribution is -2.42. The zero-order chi connectivity index (χ0) is 17.2. The van der Waals surface area contributed by atoms with Crippen LogP contribution in [-0.2, 0) is 19.1 Å². The molecule has 1 fully saturated rings. The van der Waals surface area contributed by atoms with Gasteiger partial charge in [0.25, 0.3) is 5.79 Å². The number of nitrogens with zero attached hydrogens (tertiary/aromatic N) is 2. The van der Waals surface area contributed by atoms with Crippen LogP contribution in [0.4, 0.5) is 5.69 Å². The number of cyclic esters (lactones) is 2. The van der Waals surface area contributed by atoms with Gasteiger partial charge in [0.1, 0.15) is 0 Å². The van der Waals surface area contributed by atoms with Crippen LogP contribution in [0.1, 0.15) is 13.8 Å². The Morgan fingerprint density at radius 1 is 1.00 bits per heavy atom. The van der Waals surface area contributed by atoms with E-state index in [9.17, 15) is 9.59 Å². The molecule has 2 heterocycles. The number of hydrogen-bond acceptors (Lipinski definition) is 7. The smallest absolute Gasteiger partial charge is 0.350 e. The first-order chi connectivity index (χ1) is 11.4. The van der Waals surface area contributed by atoms with E-state index in [2.05, 4.69) is 15.3 Å². The summed E-state index contributed by atoms with van der Waals surface area (Å²) in [5.74, 6) is -2.08. The maximum atomic E-state index is 11.8. The molecule has 2 aromatic rings. The summed E-state index contributed by atoms with van der Waals surface area (Å²) in [6, 6.07) is 8.97. The second-order valence-electron chi connectivity index (χ2n) is 5.53. The topological polar surface area (TPSA) is 90.4 Å². The Morgan fingerprint density at radius 3 is 2.17 bits per heavy atom. The zero-order valence-corrected chi connectivity index (χ0v) is 13.1. The minimum Gasteiger partial charge on any atom is -0.419 e. The molecule has 0 saturated carbocycles. The van der Waals surface area contributed by atoms with Gasteiger partial charge in [0.15, 0.2) is 11.4 Å². The molecule has 1 N–H and O–H groups in total. The van der Waals surface area contributed by atoms with E-state index in [0.29, 0.717) is 11.5 Å². The van der Waals surface area contributed by atoms with Crippen molar-refractivity contribution in [2.45, 2.75) is 19.6 Å². The second-order valence-corrected chi connectivity index (χ2v) is 5.53. The van der Waals surface area contributed by atoms with Crippen LogP contribution in [-0.4, -0.2) is 27.7 Å². The molecule has 122 valence electrons. The quantitative estimate of drug-likeness (QED) is 0.526. The maximum Gasteiger partial charge on any atom is 0.350 e. The van der Waals surface area contributed by atoms with Crippen molar-refractivity contribution in [3.63, 3.8) is 0 Å². The van der Waals surface area contributed by atoms with Crippen LogP contribution in [0.2, 0.25) is 0 Å². The number of carbonyl (C=O) groups is 2. The van der Waals surface area contributed by atoms with Crippen LogP contribution in [0.5, 0.6) is 0 Å². The minimum atomic E-state index is -1.25. The van der Waals surface area contributed by atoms with Gasteiger partial charge in [0, 0.05) is 43.7 Å². The van der Waals surface area contributed by atoms with Crippen molar-refractivity contribution in [3.05, 3.63) is 54.5 Å². The molecule has 0 atom stereocenters. The second kappa shape index (κ2) is 6.11. The number of anilines is 1. The summed E-state index contributed by atoms with van der Waals surface area (Å²) in [4.78, 5) is 32.0. The van der Waals surface area contributed by atoms with Gasteiger partial charge in [-0.2, -0.15) is 0 Å². The third-order valence-electron chi connectivity index (χ3n) is 3.21. The highest BCUT2D eigenvalue weighted by molar-refractivity contribution is 6.15. The number of nitrogens with one attached hydrogen (secondary N) is 1. The number of hydrogen-bond donors (Lipinski definition) is 1. The molecule has 1 aromatic heterocycles. The monoisotopic (exact) mass is 325 g/mol. The number of ether oxygens (including phenoxy) is 2. The molecule has 3 rings (SSSR count). The zero-order valence-electron chi connectivity index (χ0n) is 13.1. The molecule has 7 heteroatoms. The van der Waals surface area contributed by atoms with E-state index in [-0.39, 0.29) is 5.57 Å². The Kier molecular flexibility index (Phi) is 3.99. The molecule has 0 aliphatic carbocycles. The lowest BCUT2D eigenvalue weighted by Gasteiger charge is -2.29. The summed E-state index contributed by atoms with van der Waals surface area (Å²) in [5.41, 5.74) is 1.35. The first kappa shape index (κ1) is 15.7. The third kappa shape index (κ3) is 3.40. The van der Waals surface area contributed by atoms with Gasteiger partial charge in [0.05, 0.1) is 0 Å². The molecule has 1 aliphatic rings. The van der Waals surface area contributed by atoms with Crippen LogP contribution in [0.3, 0.4) is 0 Å². The van der Waals surface area contributed by atoms with Crippen molar-refractivity contribution in [1.82, 2.24) is 9.97 Å². The Balaban J connectivity index is 1.73. The Labute approximate surface area is 138 Å². The van der Waals surface area contributed by atoms with Crippen LogP contribution >= 0.6 is 0 Å². The Bertz CT molecular complexity index is 776. The molecule has 0 amide bonds. The van der Waals surface area contributed by atoms with Crippen molar-refractivity contribution < 1.29 is 19.1 Å². The lowest BCUT2D eigenvalue weighted by atomic mass is 10.2. The standard InChI is InChI=1S/C17H15N3O4/c1-17(2)23-15(21)13(16(22)24-17)10-20-12-6-4-11(5-7-12)14-18-8-3-9-19-14/h3-10,20H,1-2H3. The van der Waals surface area contributed by atoms with E-state index in [1.54, 1.807) is 30.6 Å². The first-order valence-corrected chi connectivity index (χ1v) is 7.25. The average molecular weight is 325 g/mol. The van der Waals surface area contributed by atoms with Crippen molar-refractivity contribution in [3.8, 4) is 11.4 Å². The van der Waals surface area contributed by atoms with Gasteiger partial charge in [0.2, 0.25) is 0 Å². The van der Waals surface area contributed by atoms with Crippen LogP contribution in [0.15, 0.2) is 54.5 Å².